The van der Waals surface area contributed by atoms with E-state index in [9.17, 15) is 0 Å². The predicted molar refractivity (Wildman–Crippen MR) is 201 cm³/mol. The molecule has 0 spiro atoms. The third kappa shape index (κ3) is 6.09. The number of benzene rings is 3. The number of hydrogen-bond acceptors (Lipinski definition) is 6. The van der Waals surface area contributed by atoms with Gasteiger partial charge in [0.25, 0.3) is 0 Å². The quantitative estimate of drug-likeness (QED) is 0.165. The normalized spacial score (nSPS) is 14.6. The van der Waals surface area contributed by atoms with E-state index in [0.717, 1.165) is 73.1 Å². The molecule has 0 fully saturated rings. The average molecular weight is 859 g/mol. The van der Waals surface area contributed by atoms with Crippen LogP contribution in [-0.4, -0.2) is 15.0 Å². The third-order valence-corrected chi connectivity index (χ3v) is 11.5. The van der Waals surface area contributed by atoms with E-state index in [1.807, 2.05) is 41.8 Å². The van der Waals surface area contributed by atoms with Gasteiger partial charge < -0.3 is 14.1 Å². The van der Waals surface area contributed by atoms with Crippen molar-refractivity contribution in [2.24, 2.45) is 0 Å². The first kappa shape index (κ1) is 34.6. The number of aromatic nitrogens is 3. The van der Waals surface area contributed by atoms with E-state index < -0.39 is 0 Å². The number of pyridine rings is 1. The zero-order valence-electron chi connectivity index (χ0n) is 29.9. The van der Waals surface area contributed by atoms with Gasteiger partial charge in [-0.15, -0.1) is 28.5 Å². The molecule has 7 aromatic rings. The smallest absolute Gasteiger partial charge is 0.501 e. The van der Waals surface area contributed by atoms with E-state index in [2.05, 4.69) is 97.9 Å². The van der Waals surface area contributed by atoms with Crippen LogP contribution in [0.25, 0.3) is 54.7 Å². The van der Waals surface area contributed by atoms with Gasteiger partial charge in [-0.05, 0) is 64.5 Å². The van der Waals surface area contributed by atoms with Gasteiger partial charge in [0.2, 0.25) is 0 Å². The zero-order valence-corrected chi connectivity index (χ0v) is 32.9. The Hall–Kier alpha value is -3.86. The number of para-hydroxylation sites is 1. The molecule has 0 aliphatic heterocycles. The molecule has 256 valence electrons. The van der Waals surface area contributed by atoms with Crippen LogP contribution in [0.2, 0.25) is 0 Å². The molecule has 0 N–H and O–H groups in total. The molecule has 5 nitrogen and oxygen atoms in total. The molecular weight excluding hydrogens is 818 g/mol. The summed E-state index contributed by atoms with van der Waals surface area (Å²) in [6, 6.07) is 25.9. The van der Waals surface area contributed by atoms with Crippen molar-refractivity contribution in [1.29, 1.82) is 0 Å². The minimum Gasteiger partial charge on any atom is -0.501 e. The van der Waals surface area contributed by atoms with Gasteiger partial charge in [0.15, 0.2) is 0 Å². The molecular formula is C43H41N3O2PtS. The second-order valence-corrected chi connectivity index (χ2v) is 17.1. The maximum atomic E-state index is 6.77. The van der Waals surface area contributed by atoms with Gasteiger partial charge >= 0.3 is 21.1 Å². The fourth-order valence-electron chi connectivity index (χ4n) is 7.03. The monoisotopic (exact) mass is 858 g/mol. The molecule has 0 amide bonds. The molecule has 50 heavy (non-hydrogen) atoms. The van der Waals surface area contributed by atoms with Gasteiger partial charge in [-0.25, -0.2) is 4.98 Å². The topological polar surface area (TPSA) is 61.0 Å². The number of hydrogen-bond donors (Lipinski definition) is 0. The Morgan fingerprint density at radius 3 is 2.38 bits per heavy atom. The Balaban J connectivity index is 0.00000392. The standard InChI is InChI=1S/C43H41N3O2S.Pt/c1-41(2,3)26-15-17-44-34(21-26)25-18-27(42(4,5)6)20-28(19-25)47-29-22-32-30-12-9-10-14-35(30)48-38(32)33(23-29)37-39-36(45-24-46-37)31-13-11-16-43(7,8)40(31)49-39;/h9-10,12,14-15,17-18,20-22,24H,11,13,16H2,1-8H3;/q-2;+2. The Morgan fingerprint density at radius 2 is 1.60 bits per heavy atom. The summed E-state index contributed by atoms with van der Waals surface area (Å²) in [6.45, 7) is 18.0. The van der Waals surface area contributed by atoms with Crippen LogP contribution in [-0.2, 0) is 43.7 Å². The van der Waals surface area contributed by atoms with E-state index in [4.69, 9.17) is 24.1 Å². The summed E-state index contributed by atoms with van der Waals surface area (Å²) >= 11 is 1.82. The SMILES string of the molecule is CC(C)(C)c1cc(Oc2[c-]c(-c3ncnc4c5c(sc34)C(C)(C)CCC5)c3oc4ccccc4c3c2)[c-]c(-c2cc(C(C)(C)C)ccn2)c1.[Pt+2]. The van der Waals surface area contributed by atoms with E-state index in [1.54, 1.807) is 6.33 Å². The molecule has 8 rings (SSSR count). The van der Waals surface area contributed by atoms with Crippen LogP contribution in [0.1, 0.15) is 89.8 Å². The fraction of sp³-hybridized carbons (Fsp3) is 0.326. The van der Waals surface area contributed by atoms with Gasteiger partial charge in [-0.3, -0.25) is 4.98 Å². The summed E-state index contributed by atoms with van der Waals surface area (Å²) in [7, 11) is 0. The van der Waals surface area contributed by atoms with E-state index >= 15 is 0 Å². The van der Waals surface area contributed by atoms with Crippen molar-refractivity contribution in [3.05, 3.63) is 101 Å². The molecule has 1 aliphatic rings. The molecule has 0 saturated heterocycles. The maximum absolute atomic E-state index is 6.77. The molecule has 1 aliphatic carbocycles. The minimum absolute atomic E-state index is 0. The predicted octanol–water partition coefficient (Wildman–Crippen LogP) is 11.9. The minimum atomic E-state index is -0.123. The first-order valence-corrected chi connectivity index (χ1v) is 18.0. The summed E-state index contributed by atoms with van der Waals surface area (Å²) in [5.41, 5.74) is 9.67. The Bertz CT molecular complexity index is 2410. The molecule has 0 saturated carbocycles. The van der Waals surface area contributed by atoms with Crippen molar-refractivity contribution in [1.82, 2.24) is 15.0 Å². The molecule has 7 heteroatoms. The molecule has 0 atom stereocenters. The average Bonchev–Trinajstić information content (AvgIpc) is 3.63. The third-order valence-electron chi connectivity index (χ3n) is 9.86. The van der Waals surface area contributed by atoms with Crippen molar-refractivity contribution >= 4 is 43.5 Å². The summed E-state index contributed by atoms with van der Waals surface area (Å²) in [5.74, 6) is 1.19. The first-order chi connectivity index (χ1) is 23.3. The molecule has 0 unspecified atom stereocenters. The van der Waals surface area contributed by atoms with Crippen molar-refractivity contribution in [2.45, 2.75) is 90.9 Å². The van der Waals surface area contributed by atoms with Crippen molar-refractivity contribution in [3.8, 4) is 34.0 Å². The van der Waals surface area contributed by atoms with Crippen LogP contribution in [0.15, 0.2) is 71.5 Å². The number of rotatable bonds is 4. The molecule has 3 aromatic carbocycles. The van der Waals surface area contributed by atoms with Crippen LogP contribution >= 0.6 is 11.3 Å². The molecule has 0 bridgehead atoms. The van der Waals surface area contributed by atoms with E-state index in [0.29, 0.717) is 11.5 Å². The van der Waals surface area contributed by atoms with E-state index in [-0.39, 0.29) is 37.3 Å². The number of aryl methyl sites for hydroxylation is 1. The fourth-order valence-corrected chi connectivity index (χ4v) is 8.46. The van der Waals surface area contributed by atoms with Gasteiger partial charge in [0.05, 0.1) is 11.1 Å². The Labute approximate surface area is 312 Å². The largest absolute Gasteiger partial charge is 2.00 e. The number of thiophene rings is 1. The van der Waals surface area contributed by atoms with Gasteiger partial charge in [-0.1, -0.05) is 115 Å². The summed E-state index contributed by atoms with van der Waals surface area (Å²) < 4.78 is 14.4. The second kappa shape index (κ2) is 12.4. The van der Waals surface area contributed by atoms with Gasteiger partial charge in [-0.2, -0.15) is 0 Å². The van der Waals surface area contributed by atoms with Crippen LogP contribution in [0.4, 0.5) is 0 Å². The molecule has 4 heterocycles. The number of fused-ring (bicyclic) bond motifs is 6. The van der Waals surface area contributed by atoms with Crippen LogP contribution in [0.3, 0.4) is 0 Å². The van der Waals surface area contributed by atoms with Gasteiger partial charge in [0.1, 0.15) is 11.9 Å². The number of furan rings is 1. The Kier molecular flexibility index (Phi) is 8.59. The second-order valence-electron chi connectivity index (χ2n) is 16.1. The number of ether oxygens (including phenoxy) is 1. The van der Waals surface area contributed by atoms with Crippen LogP contribution < -0.4 is 4.74 Å². The van der Waals surface area contributed by atoms with Crippen molar-refractivity contribution in [3.63, 3.8) is 0 Å². The summed E-state index contributed by atoms with van der Waals surface area (Å²) in [5, 5.41) is 1.98. The number of nitrogens with zero attached hydrogens (tertiary/aromatic N) is 3. The van der Waals surface area contributed by atoms with Crippen molar-refractivity contribution < 1.29 is 30.2 Å². The van der Waals surface area contributed by atoms with Crippen molar-refractivity contribution in [2.75, 3.05) is 0 Å². The molecule has 4 aromatic heterocycles. The summed E-state index contributed by atoms with van der Waals surface area (Å²) in [6.07, 6.45) is 6.95. The van der Waals surface area contributed by atoms with Crippen LogP contribution in [0.5, 0.6) is 11.5 Å². The first-order valence-electron chi connectivity index (χ1n) is 17.1. The van der Waals surface area contributed by atoms with Gasteiger partial charge in [0, 0.05) is 38.4 Å². The molecule has 0 radical (unpaired) electrons. The zero-order chi connectivity index (χ0) is 34.3. The summed E-state index contributed by atoms with van der Waals surface area (Å²) in [4.78, 5) is 15.9. The maximum Gasteiger partial charge on any atom is 2.00 e. The Morgan fingerprint density at radius 1 is 0.840 bits per heavy atom. The van der Waals surface area contributed by atoms with E-state index in [1.165, 1.54) is 22.4 Å². The van der Waals surface area contributed by atoms with Crippen LogP contribution in [0, 0.1) is 12.1 Å².